The van der Waals surface area contributed by atoms with Crippen molar-refractivity contribution >= 4 is 12.3 Å². The molecule has 0 amide bonds. The Hall–Kier alpha value is -1.37. The lowest BCUT2D eigenvalue weighted by molar-refractivity contribution is -0.147. The molecule has 0 aliphatic carbocycles. The van der Waals surface area contributed by atoms with Crippen LogP contribution in [0.5, 0.6) is 0 Å². The summed E-state index contributed by atoms with van der Waals surface area (Å²) in [6.45, 7) is 2.46. The van der Waals surface area contributed by atoms with Crippen molar-refractivity contribution in [2.24, 2.45) is 5.92 Å². The van der Waals surface area contributed by atoms with Crippen molar-refractivity contribution < 1.29 is 14.3 Å². The largest absolute Gasteiger partial charge is 0.464 e. The molecule has 0 aliphatic rings. The molecule has 0 aromatic rings. The Balaban J connectivity index is 3.41. The van der Waals surface area contributed by atoms with Crippen LogP contribution in [-0.2, 0) is 14.3 Å². The predicted octanol–water partition coefficient (Wildman–Crippen LogP) is 2.23. The molecule has 0 N–H and O–H groups in total. The fourth-order valence-electron chi connectivity index (χ4n) is 1.28. The maximum atomic E-state index is 11.1. The molecule has 4 nitrogen and oxygen atoms in total. The van der Waals surface area contributed by atoms with Crippen LogP contribution in [-0.4, -0.2) is 18.9 Å². The normalized spacial score (nSPS) is 11.5. The maximum Gasteiger partial charge on any atom is 0.330 e. The molecule has 0 radical (unpaired) electrons. The average Bonchev–Trinajstić information content (AvgIpc) is 2.29. The number of nitriles is 1. The summed E-state index contributed by atoms with van der Waals surface area (Å²) in [7, 11) is 0. The van der Waals surface area contributed by atoms with Gasteiger partial charge in [0.15, 0.2) is 5.92 Å². The number of ether oxygens (including phenoxy) is 1. The molecule has 0 heterocycles. The highest BCUT2D eigenvalue weighted by molar-refractivity contribution is 5.90. The topological polar surface area (TPSA) is 67.2 Å². The van der Waals surface area contributed by atoms with Crippen LogP contribution in [0.15, 0.2) is 0 Å². The number of carbonyl (C=O) groups is 2. The molecule has 0 spiro atoms. The Morgan fingerprint density at radius 2 is 1.94 bits per heavy atom. The number of nitrogens with zero attached hydrogens (tertiary/aromatic N) is 1. The molecule has 0 rings (SSSR count). The molecule has 0 saturated heterocycles. The summed E-state index contributed by atoms with van der Waals surface area (Å²) >= 11 is 0. The molecule has 1 atom stereocenters. The maximum absolute atomic E-state index is 11.1. The van der Waals surface area contributed by atoms with Gasteiger partial charge in [0, 0.05) is 0 Å². The number of carbonyl (C=O) groups excluding carboxylic acids is 2. The van der Waals surface area contributed by atoms with E-state index in [2.05, 4.69) is 6.92 Å². The summed E-state index contributed by atoms with van der Waals surface area (Å²) in [4.78, 5) is 21.3. The Labute approximate surface area is 96.6 Å². The van der Waals surface area contributed by atoms with E-state index in [9.17, 15) is 9.59 Å². The zero-order valence-corrected chi connectivity index (χ0v) is 9.78. The van der Waals surface area contributed by atoms with Gasteiger partial charge in [-0.25, -0.2) is 0 Å². The van der Waals surface area contributed by atoms with Crippen molar-refractivity contribution in [1.82, 2.24) is 0 Å². The van der Waals surface area contributed by atoms with Gasteiger partial charge in [0.2, 0.25) is 0 Å². The second kappa shape index (κ2) is 10.2. The number of esters is 1. The van der Waals surface area contributed by atoms with E-state index in [1.807, 2.05) is 0 Å². The molecule has 4 heteroatoms. The first kappa shape index (κ1) is 14.6. The molecule has 1 unspecified atom stereocenters. The first-order valence-corrected chi connectivity index (χ1v) is 5.77. The molecule has 16 heavy (non-hydrogen) atoms. The van der Waals surface area contributed by atoms with Crippen LogP contribution in [0.25, 0.3) is 0 Å². The van der Waals surface area contributed by atoms with E-state index in [4.69, 9.17) is 10.00 Å². The highest BCUT2D eigenvalue weighted by atomic mass is 16.5. The standard InChI is InChI=1S/C12H19NO3/c1-2-3-4-5-6-7-8-16-12(15)11(9-13)10-14/h10-11H,2-8H2,1H3. The van der Waals surface area contributed by atoms with Crippen LogP contribution in [0.1, 0.15) is 45.4 Å². The number of aldehydes is 1. The summed E-state index contributed by atoms with van der Waals surface area (Å²) in [6, 6.07) is 1.58. The van der Waals surface area contributed by atoms with Gasteiger partial charge < -0.3 is 9.53 Å². The summed E-state index contributed by atoms with van der Waals surface area (Å²) in [5.74, 6) is -1.99. The van der Waals surface area contributed by atoms with Crippen molar-refractivity contribution in [3.8, 4) is 6.07 Å². The van der Waals surface area contributed by atoms with Crippen molar-refractivity contribution in [1.29, 1.82) is 5.26 Å². The molecular formula is C12H19NO3. The van der Waals surface area contributed by atoms with Gasteiger partial charge in [-0.1, -0.05) is 39.0 Å². The monoisotopic (exact) mass is 225 g/mol. The van der Waals surface area contributed by atoms with E-state index >= 15 is 0 Å². The SMILES string of the molecule is CCCCCCCCOC(=O)C(C#N)C=O. The van der Waals surface area contributed by atoms with Gasteiger partial charge in [-0.2, -0.15) is 5.26 Å². The van der Waals surface area contributed by atoms with Crippen molar-refractivity contribution in [2.75, 3.05) is 6.61 Å². The van der Waals surface area contributed by atoms with Gasteiger partial charge in [-0.3, -0.25) is 4.79 Å². The number of hydrogen-bond donors (Lipinski definition) is 0. The van der Waals surface area contributed by atoms with Crippen LogP contribution in [0, 0.1) is 17.2 Å². The summed E-state index contributed by atoms with van der Waals surface area (Å²) in [6.07, 6.45) is 6.92. The van der Waals surface area contributed by atoms with Crippen molar-refractivity contribution in [3.63, 3.8) is 0 Å². The summed E-state index contributed by atoms with van der Waals surface area (Å²) in [5.41, 5.74) is 0. The van der Waals surface area contributed by atoms with Crippen molar-refractivity contribution in [3.05, 3.63) is 0 Å². The third kappa shape index (κ3) is 6.99. The molecule has 0 aromatic carbocycles. The van der Waals surface area contributed by atoms with Crippen LogP contribution < -0.4 is 0 Å². The van der Waals surface area contributed by atoms with Gasteiger partial charge in [-0.05, 0) is 6.42 Å². The highest BCUT2D eigenvalue weighted by Gasteiger charge is 2.17. The van der Waals surface area contributed by atoms with E-state index in [0.29, 0.717) is 12.9 Å². The second-order valence-electron chi connectivity index (χ2n) is 3.68. The van der Waals surface area contributed by atoms with Gasteiger partial charge in [0.25, 0.3) is 0 Å². The van der Waals surface area contributed by atoms with Crippen molar-refractivity contribution in [2.45, 2.75) is 45.4 Å². The fourth-order valence-corrected chi connectivity index (χ4v) is 1.28. The molecule has 0 aliphatic heterocycles. The predicted molar refractivity (Wildman–Crippen MR) is 59.5 cm³/mol. The fraction of sp³-hybridized carbons (Fsp3) is 0.750. The minimum atomic E-state index is -1.26. The Bertz CT molecular complexity index is 245. The van der Waals surface area contributed by atoms with E-state index in [0.717, 1.165) is 19.3 Å². The van der Waals surface area contributed by atoms with Gasteiger partial charge in [-0.15, -0.1) is 0 Å². The Kier molecular flexibility index (Phi) is 9.29. The first-order valence-electron chi connectivity index (χ1n) is 5.77. The minimum Gasteiger partial charge on any atom is -0.464 e. The lowest BCUT2D eigenvalue weighted by atomic mass is 10.1. The molecule has 0 bridgehead atoms. The lowest BCUT2D eigenvalue weighted by Gasteiger charge is -2.04. The smallest absolute Gasteiger partial charge is 0.330 e. The molecule has 0 saturated carbocycles. The van der Waals surface area contributed by atoms with Crippen LogP contribution in [0.3, 0.4) is 0 Å². The van der Waals surface area contributed by atoms with E-state index in [-0.39, 0.29) is 0 Å². The minimum absolute atomic E-state index is 0.303. The Morgan fingerprint density at radius 3 is 2.50 bits per heavy atom. The zero-order chi connectivity index (χ0) is 12.2. The first-order chi connectivity index (χ1) is 7.76. The second-order valence-corrected chi connectivity index (χ2v) is 3.68. The molecular weight excluding hydrogens is 206 g/mol. The molecule has 0 aromatic heterocycles. The highest BCUT2D eigenvalue weighted by Crippen LogP contribution is 2.05. The summed E-state index contributed by atoms with van der Waals surface area (Å²) < 4.78 is 4.80. The summed E-state index contributed by atoms with van der Waals surface area (Å²) in [5, 5.41) is 8.41. The van der Waals surface area contributed by atoms with Gasteiger partial charge in [0.1, 0.15) is 6.29 Å². The van der Waals surface area contributed by atoms with Crippen LogP contribution >= 0.6 is 0 Å². The third-order valence-electron chi connectivity index (χ3n) is 2.27. The van der Waals surface area contributed by atoms with E-state index < -0.39 is 11.9 Å². The number of rotatable bonds is 9. The van der Waals surface area contributed by atoms with Crippen LogP contribution in [0.2, 0.25) is 0 Å². The van der Waals surface area contributed by atoms with E-state index in [1.165, 1.54) is 19.3 Å². The third-order valence-corrected chi connectivity index (χ3v) is 2.27. The number of unbranched alkanes of at least 4 members (excludes halogenated alkanes) is 5. The van der Waals surface area contributed by atoms with E-state index in [1.54, 1.807) is 6.07 Å². The number of hydrogen-bond acceptors (Lipinski definition) is 4. The zero-order valence-electron chi connectivity index (χ0n) is 9.78. The van der Waals surface area contributed by atoms with Crippen LogP contribution in [0.4, 0.5) is 0 Å². The molecule has 90 valence electrons. The average molecular weight is 225 g/mol. The van der Waals surface area contributed by atoms with Gasteiger partial charge >= 0.3 is 5.97 Å². The molecule has 0 fully saturated rings. The van der Waals surface area contributed by atoms with Gasteiger partial charge in [0.05, 0.1) is 12.7 Å². The quantitative estimate of drug-likeness (QED) is 0.261. The lowest BCUT2D eigenvalue weighted by Crippen LogP contribution is -2.17. The Morgan fingerprint density at radius 1 is 1.31 bits per heavy atom.